The molecule has 1 saturated carbocycles. The van der Waals surface area contributed by atoms with Gasteiger partial charge in [-0.05, 0) is 61.6 Å². The monoisotopic (exact) mass is 555 g/mol. The summed E-state index contributed by atoms with van der Waals surface area (Å²) >= 11 is 1.34. The van der Waals surface area contributed by atoms with Crippen LogP contribution in [0.15, 0.2) is 52.7 Å². The van der Waals surface area contributed by atoms with Crippen molar-refractivity contribution >= 4 is 37.1 Å². The highest BCUT2D eigenvalue weighted by Gasteiger charge is 2.32. The molecule has 1 saturated heterocycles. The van der Waals surface area contributed by atoms with Gasteiger partial charge < -0.3 is 4.90 Å². The lowest BCUT2D eigenvalue weighted by molar-refractivity contribution is -0.137. The molecule has 2 atom stereocenters. The molecule has 2 heterocycles. The van der Waals surface area contributed by atoms with E-state index in [1.165, 1.54) is 29.5 Å². The molecule has 0 spiro atoms. The number of anilines is 1. The third kappa shape index (κ3) is 6.10. The van der Waals surface area contributed by atoms with Gasteiger partial charge in [0.1, 0.15) is 5.82 Å². The minimum atomic E-state index is -4.34. The van der Waals surface area contributed by atoms with Crippen molar-refractivity contribution in [3.05, 3.63) is 59.2 Å². The van der Waals surface area contributed by atoms with Crippen LogP contribution in [0.5, 0.6) is 0 Å². The molecule has 0 radical (unpaired) electrons. The smallest absolute Gasteiger partial charge is 0.368 e. The first-order valence-electron chi connectivity index (χ1n) is 12.4. The number of sulfonamides is 1. The fraction of sp³-hybridized carbons (Fsp3) is 0.462. The fourth-order valence-corrected chi connectivity index (χ4v) is 7.73. The van der Waals surface area contributed by atoms with Gasteiger partial charge >= 0.3 is 6.18 Å². The number of fused-ring (bicyclic) bond motifs is 1. The van der Waals surface area contributed by atoms with Gasteiger partial charge in [0.15, 0.2) is 0 Å². The Morgan fingerprint density at radius 1 is 1.00 bits per heavy atom. The van der Waals surface area contributed by atoms with Crippen LogP contribution >= 0.6 is 11.3 Å². The Hall–Kier alpha value is -2.21. The molecule has 11 heteroatoms. The summed E-state index contributed by atoms with van der Waals surface area (Å²) in [6.07, 6.45) is -0.806. The minimum Gasteiger partial charge on any atom is -0.368 e. The molecule has 5 rings (SSSR count). The average molecular weight is 556 g/mol. The van der Waals surface area contributed by atoms with Crippen molar-refractivity contribution in [2.45, 2.75) is 42.8 Å². The second kappa shape index (κ2) is 10.5. The molecule has 37 heavy (non-hydrogen) atoms. The number of hydrogen-bond acceptors (Lipinski definition) is 5. The molecule has 2 fully saturated rings. The van der Waals surface area contributed by atoms with Gasteiger partial charge in [-0.2, -0.15) is 13.2 Å². The first-order chi connectivity index (χ1) is 17.6. The summed E-state index contributed by atoms with van der Waals surface area (Å²) in [5.74, 6) is -0.0939. The first kappa shape index (κ1) is 26.4. The van der Waals surface area contributed by atoms with Crippen molar-refractivity contribution in [2.75, 3.05) is 37.6 Å². The number of halogens is 4. The van der Waals surface area contributed by atoms with Gasteiger partial charge in [-0.1, -0.05) is 12.5 Å². The third-order valence-corrected chi connectivity index (χ3v) is 9.81. The number of thiophene rings is 1. The Morgan fingerprint density at radius 3 is 2.43 bits per heavy atom. The molecule has 1 aliphatic carbocycles. The number of rotatable bonds is 6. The fourth-order valence-electron chi connectivity index (χ4n) is 5.44. The maximum absolute atomic E-state index is 13.2. The summed E-state index contributed by atoms with van der Waals surface area (Å²) in [6.45, 7) is 4.17. The van der Waals surface area contributed by atoms with E-state index in [0.717, 1.165) is 87.7 Å². The molecule has 2 unspecified atom stereocenters. The predicted octanol–water partition coefficient (Wildman–Crippen LogP) is 5.72. The van der Waals surface area contributed by atoms with Gasteiger partial charge in [0.25, 0.3) is 0 Å². The van der Waals surface area contributed by atoms with Crippen LogP contribution in [0, 0.1) is 11.7 Å². The van der Waals surface area contributed by atoms with E-state index >= 15 is 0 Å². The number of alkyl halides is 3. The zero-order valence-corrected chi connectivity index (χ0v) is 21.8. The molecule has 1 aliphatic heterocycles. The number of piperazine rings is 1. The molecule has 2 aliphatic rings. The summed E-state index contributed by atoms with van der Waals surface area (Å²) in [5, 5.41) is 2.80. The molecule has 200 valence electrons. The molecule has 5 nitrogen and oxygen atoms in total. The maximum Gasteiger partial charge on any atom is 0.416 e. The highest BCUT2D eigenvalue weighted by molar-refractivity contribution is 7.89. The van der Waals surface area contributed by atoms with Gasteiger partial charge in [0.2, 0.25) is 10.0 Å². The Bertz CT molecular complexity index is 1330. The number of nitrogens with zero attached hydrogens (tertiary/aromatic N) is 2. The van der Waals surface area contributed by atoms with Crippen molar-refractivity contribution in [1.82, 2.24) is 9.62 Å². The topological polar surface area (TPSA) is 52.7 Å². The summed E-state index contributed by atoms with van der Waals surface area (Å²) in [6, 6.07) is 8.67. The second-order valence-electron chi connectivity index (χ2n) is 9.92. The quantitative estimate of drug-likeness (QED) is 0.396. The Morgan fingerprint density at radius 2 is 1.73 bits per heavy atom. The van der Waals surface area contributed by atoms with Crippen molar-refractivity contribution < 1.29 is 26.0 Å². The number of benzene rings is 2. The van der Waals surface area contributed by atoms with Crippen molar-refractivity contribution in [2.24, 2.45) is 5.92 Å². The van der Waals surface area contributed by atoms with E-state index in [2.05, 4.69) is 14.5 Å². The van der Waals surface area contributed by atoms with E-state index in [4.69, 9.17) is 0 Å². The van der Waals surface area contributed by atoms with Gasteiger partial charge in [-0.25, -0.2) is 17.5 Å². The van der Waals surface area contributed by atoms with E-state index in [-0.39, 0.29) is 10.9 Å². The van der Waals surface area contributed by atoms with Gasteiger partial charge in [0, 0.05) is 54.2 Å². The molecule has 1 N–H and O–H groups in total. The lowest BCUT2D eigenvalue weighted by Gasteiger charge is -2.39. The molecule has 0 bridgehead atoms. The van der Waals surface area contributed by atoms with Crippen LogP contribution in [0.1, 0.15) is 31.2 Å². The summed E-state index contributed by atoms with van der Waals surface area (Å²) in [7, 11) is -3.69. The largest absolute Gasteiger partial charge is 0.416 e. The molecule has 0 amide bonds. The number of nitrogens with one attached hydrogen (secondary N) is 1. The first-order valence-corrected chi connectivity index (χ1v) is 14.8. The van der Waals surface area contributed by atoms with Gasteiger partial charge in [-0.3, -0.25) is 4.90 Å². The normalized spacial score (nSPS) is 22.0. The highest BCUT2D eigenvalue weighted by Crippen LogP contribution is 2.38. The standard InChI is InChI=1S/C26H29F4N3O2S2/c27-20-5-7-22(8-6-20)37(34,35)31-21-3-1-2-18(14-21)16-32-10-12-33(13-11-32)24-17-36-25-15-19(26(28,29)30)4-9-23(24)25/h4-9,15,17-18,21,31H,1-3,10-14,16H2. The Kier molecular flexibility index (Phi) is 7.50. The Balaban J connectivity index is 1.15. The summed E-state index contributed by atoms with van der Waals surface area (Å²) in [5.41, 5.74) is 0.366. The second-order valence-corrected chi connectivity index (χ2v) is 12.5. The zero-order valence-electron chi connectivity index (χ0n) is 20.2. The van der Waals surface area contributed by atoms with Crippen molar-refractivity contribution in [1.29, 1.82) is 0 Å². The molecule has 2 aromatic carbocycles. The minimum absolute atomic E-state index is 0.0720. The zero-order chi connectivity index (χ0) is 26.2. The molecular weight excluding hydrogens is 526 g/mol. The SMILES string of the molecule is O=S(=O)(NC1CCCC(CN2CCN(c3csc4cc(C(F)(F)F)ccc34)CC2)C1)c1ccc(F)cc1. The van der Waals surface area contributed by atoms with Crippen LogP contribution < -0.4 is 9.62 Å². The average Bonchev–Trinajstić information content (AvgIpc) is 3.28. The van der Waals surface area contributed by atoms with Crippen LogP contribution in [-0.2, 0) is 16.2 Å². The molecule has 1 aromatic heterocycles. The third-order valence-electron chi connectivity index (χ3n) is 7.34. The predicted molar refractivity (Wildman–Crippen MR) is 138 cm³/mol. The van der Waals surface area contributed by atoms with E-state index in [1.807, 2.05) is 5.38 Å². The van der Waals surface area contributed by atoms with Crippen LogP contribution in [-0.4, -0.2) is 52.1 Å². The van der Waals surface area contributed by atoms with Crippen LogP contribution in [0.25, 0.3) is 10.1 Å². The van der Waals surface area contributed by atoms with E-state index in [1.54, 1.807) is 6.07 Å². The van der Waals surface area contributed by atoms with E-state index < -0.39 is 27.6 Å². The lowest BCUT2D eigenvalue weighted by Crippen LogP contribution is -2.49. The summed E-state index contributed by atoms with van der Waals surface area (Å²) in [4.78, 5) is 4.71. The van der Waals surface area contributed by atoms with Crippen LogP contribution in [0.4, 0.5) is 23.2 Å². The lowest BCUT2D eigenvalue weighted by atomic mass is 9.85. The van der Waals surface area contributed by atoms with Crippen LogP contribution in [0.3, 0.4) is 0 Å². The molecular formula is C26H29F4N3O2S2. The van der Waals surface area contributed by atoms with E-state index in [9.17, 15) is 26.0 Å². The Labute approximate surface area is 218 Å². The van der Waals surface area contributed by atoms with Crippen LogP contribution in [0.2, 0.25) is 0 Å². The number of hydrogen-bond donors (Lipinski definition) is 1. The maximum atomic E-state index is 13.2. The van der Waals surface area contributed by atoms with Gasteiger partial charge in [-0.15, -0.1) is 11.3 Å². The van der Waals surface area contributed by atoms with E-state index in [0.29, 0.717) is 10.6 Å². The highest BCUT2D eigenvalue weighted by atomic mass is 32.2. The van der Waals surface area contributed by atoms with Crippen molar-refractivity contribution in [3.63, 3.8) is 0 Å². The van der Waals surface area contributed by atoms with Gasteiger partial charge in [0.05, 0.1) is 16.1 Å². The molecule has 3 aromatic rings. The van der Waals surface area contributed by atoms with Crippen molar-refractivity contribution in [3.8, 4) is 0 Å². The summed E-state index contributed by atoms with van der Waals surface area (Å²) < 4.78 is 81.2.